The van der Waals surface area contributed by atoms with Crippen LogP contribution in [0.5, 0.6) is 5.75 Å². The Morgan fingerprint density at radius 1 is 1.28 bits per heavy atom. The van der Waals surface area contributed by atoms with Gasteiger partial charge in [0.15, 0.2) is 5.69 Å². The average Bonchev–Trinajstić information content (AvgIpc) is 3.32. The van der Waals surface area contributed by atoms with Crippen LogP contribution in [0.25, 0.3) is 11.4 Å². The van der Waals surface area contributed by atoms with Crippen LogP contribution < -0.4 is 15.8 Å². The largest absolute Gasteiger partial charge is 0.496 e. The van der Waals surface area contributed by atoms with Crippen molar-refractivity contribution in [2.45, 2.75) is 6.18 Å². The molecule has 0 atom stereocenters. The number of aromatic carboxylic acids is 1. The molecule has 36 heavy (non-hydrogen) atoms. The second-order valence-corrected chi connectivity index (χ2v) is 7.53. The quantitative estimate of drug-likeness (QED) is 0.271. The highest BCUT2D eigenvalue weighted by Gasteiger charge is 2.33. The van der Waals surface area contributed by atoms with Crippen molar-refractivity contribution in [3.05, 3.63) is 88.7 Å². The molecule has 0 saturated heterocycles. The summed E-state index contributed by atoms with van der Waals surface area (Å²) < 4.78 is 58.3. The van der Waals surface area contributed by atoms with Crippen LogP contribution >= 0.6 is 11.6 Å². The Hall–Kier alpha value is -4.32. The molecule has 3 rings (SSSR count). The number of halogens is 5. The number of hydrogen-bond acceptors (Lipinski definition) is 6. The molecule has 188 valence electrons. The topological polar surface area (TPSA) is 115 Å². The number of benzene rings is 2. The van der Waals surface area contributed by atoms with Gasteiger partial charge in [-0.2, -0.15) is 18.3 Å². The number of hydrogen-bond donors (Lipinski definition) is 3. The van der Waals surface area contributed by atoms with Crippen molar-refractivity contribution in [2.24, 2.45) is 10.7 Å². The molecule has 0 bridgehead atoms. The summed E-state index contributed by atoms with van der Waals surface area (Å²) >= 11 is 5.76. The molecule has 0 unspecified atom stereocenters. The highest BCUT2D eigenvalue weighted by atomic mass is 35.5. The SMILES string of the molecule is C=C(N=C/C(=C(\N)n1ccc(C(F)(F)F)n1)c1ccc(OC)c(C(=O)O)c1)Nc1ccc(F)c(Cl)c1. The fourth-order valence-electron chi connectivity index (χ4n) is 2.98. The van der Waals surface area contributed by atoms with E-state index in [-0.39, 0.29) is 39.1 Å². The van der Waals surface area contributed by atoms with Crippen LogP contribution in [-0.2, 0) is 6.18 Å². The minimum absolute atomic E-state index is 0.0251. The van der Waals surface area contributed by atoms with E-state index < -0.39 is 23.7 Å². The smallest absolute Gasteiger partial charge is 0.435 e. The lowest BCUT2D eigenvalue weighted by Gasteiger charge is -2.12. The molecule has 0 amide bonds. The molecule has 4 N–H and O–H groups in total. The van der Waals surface area contributed by atoms with Crippen LogP contribution in [-0.4, -0.2) is 34.2 Å². The molecule has 8 nitrogen and oxygen atoms in total. The number of anilines is 1. The van der Waals surface area contributed by atoms with E-state index in [2.05, 4.69) is 22.0 Å². The summed E-state index contributed by atoms with van der Waals surface area (Å²) in [5.74, 6) is -2.12. The molecule has 3 aromatic rings. The van der Waals surface area contributed by atoms with E-state index in [1.54, 1.807) is 0 Å². The first kappa shape index (κ1) is 26.3. The lowest BCUT2D eigenvalue weighted by Crippen LogP contribution is -2.14. The summed E-state index contributed by atoms with van der Waals surface area (Å²) in [6, 6.07) is 8.58. The molecular formula is C23H18ClF4N5O3. The number of allylic oxidation sites excluding steroid dienone is 1. The summed E-state index contributed by atoms with van der Waals surface area (Å²) in [6.45, 7) is 3.71. The molecule has 0 spiro atoms. The summed E-state index contributed by atoms with van der Waals surface area (Å²) in [4.78, 5) is 15.8. The Bertz CT molecular complexity index is 1380. The van der Waals surface area contributed by atoms with E-state index in [1.165, 1.54) is 37.4 Å². The van der Waals surface area contributed by atoms with Crippen molar-refractivity contribution in [1.29, 1.82) is 0 Å². The fraction of sp³-hybridized carbons (Fsp3) is 0.0870. The molecule has 0 saturated carbocycles. The predicted octanol–water partition coefficient (Wildman–Crippen LogP) is 5.34. The second-order valence-electron chi connectivity index (χ2n) is 7.12. The van der Waals surface area contributed by atoms with Gasteiger partial charge in [-0.3, -0.25) is 0 Å². The number of alkyl halides is 3. The van der Waals surface area contributed by atoms with Crippen molar-refractivity contribution in [2.75, 3.05) is 12.4 Å². The standard InChI is InChI=1S/C23H18ClF4N5O3/c1-12(31-14-4-5-18(25)17(24)10-14)30-11-16(13-3-6-19(36-2)15(9-13)22(34)35)21(29)33-8-7-20(32-33)23(26,27)28/h3-11,31H,1,29H2,2H3,(H,34,35)/b21-16-,30-11?. The number of aromatic nitrogens is 2. The Morgan fingerprint density at radius 2 is 2.00 bits per heavy atom. The van der Waals surface area contributed by atoms with Crippen LogP contribution in [0.15, 0.2) is 66.1 Å². The molecule has 0 radical (unpaired) electrons. The van der Waals surface area contributed by atoms with E-state index in [0.717, 1.165) is 29.2 Å². The highest BCUT2D eigenvalue weighted by Crippen LogP contribution is 2.29. The highest BCUT2D eigenvalue weighted by molar-refractivity contribution is 6.31. The first-order valence-corrected chi connectivity index (χ1v) is 10.3. The molecular weight excluding hydrogens is 506 g/mol. The molecule has 1 aromatic heterocycles. The number of carbonyl (C=O) groups is 1. The Morgan fingerprint density at radius 3 is 2.58 bits per heavy atom. The maximum Gasteiger partial charge on any atom is 0.435 e. The molecule has 0 fully saturated rings. The van der Waals surface area contributed by atoms with E-state index in [0.29, 0.717) is 5.69 Å². The number of ether oxygens (including phenoxy) is 1. The van der Waals surface area contributed by atoms with Crippen LogP contribution in [0.3, 0.4) is 0 Å². The zero-order valence-corrected chi connectivity index (χ0v) is 19.2. The maximum atomic E-state index is 13.4. The molecule has 1 heterocycles. The number of carboxylic acid groups (broad SMARTS) is 1. The van der Waals surface area contributed by atoms with Gasteiger partial charge in [0.25, 0.3) is 0 Å². The number of rotatable bonds is 8. The monoisotopic (exact) mass is 523 g/mol. The van der Waals surface area contributed by atoms with Gasteiger partial charge in [0.05, 0.1) is 12.1 Å². The van der Waals surface area contributed by atoms with Crippen molar-refractivity contribution in [1.82, 2.24) is 9.78 Å². The normalized spacial score (nSPS) is 12.4. The zero-order valence-electron chi connectivity index (χ0n) is 18.5. The summed E-state index contributed by atoms with van der Waals surface area (Å²) in [5.41, 5.74) is 5.31. The van der Waals surface area contributed by atoms with Crippen molar-refractivity contribution < 1.29 is 32.2 Å². The maximum absolute atomic E-state index is 13.4. The van der Waals surface area contributed by atoms with E-state index >= 15 is 0 Å². The lowest BCUT2D eigenvalue weighted by atomic mass is 10.0. The average molecular weight is 524 g/mol. The number of aliphatic imine (C=N–C) groups is 1. The molecule has 0 aliphatic heterocycles. The fourth-order valence-corrected chi connectivity index (χ4v) is 3.16. The third-order valence-electron chi connectivity index (χ3n) is 4.70. The van der Waals surface area contributed by atoms with Crippen LogP contribution in [0.4, 0.5) is 23.2 Å². The first-order valence-electron chi connectivity index (χ1n) is 9.90. The molecule has 2 aromatic carbocycles. The number of nitrogens with zero attached hydrogens (tertiary/aromatic N) is 3. The van der Waals surface area contributed by atoms with Gasteiger partial charge in [0.2, 0.25) is 0 Å². The second kappa shape index (κ2) is 10.5. The van der Waals surface area contributed by atoms with E-state index in [9.17, 15) is 27.5 Å². The molecule has 0 aliphatic carbocycles. The zero-order chi connectivity index (χ0) is 26.6. The lowest BCUT2D eigenvalue weighted by molar-refractivity contribution is -0.141. The van der Waals surface area contributed by atoms with Gasteiger partial charge in [0, 0.05) is 23.7 Å². The Kier molecular flexibility index (Phi) is 7.68. The van der Waals surface area contributed by atoms with Gasteiger partial charge in [-0.25, -0.2) is 18.9 Å². The van der Waals surface area contributed by atoms with E-state index in [1.807, 2.05) is 0 Å². The number of carboxylic acids is 1. The first-order chi connectivity index (χ1) is 16.9. The Labute approximate surface area is 207 Å². The summed E-state index contributed by atoms with van der Waals surface area (Å²) in [6.07, 6.45) is -2.54. The van der Waals surface area contributed by atoms with Gasteiger partial charge >= 0.3 is 12.1 Å². The van der Waals surface area contributed by atoms with Crippen molar-refractivity contribution in [3.63, 3.8) is 0 Å². The minimum atomic E-state index is -4.70. The number of nitrogens with one attached hydrogen (secondary N) is 1. The number of nitrogens with two attached hydrogens (primary N) is 1. The van der Waals surface area contributed by atoms with Gasteiger partial charge in [0.1, 0.15) is 28.8 Å². The van der Waals surface area contributed by atoms with Gasteiger partial charge in [-0.1, -0.05) is 24.2 Å². The van der Waals surface area contributed by atoms with Gasteiger partial charge in [-0.15, -0.1) is 0 Å². The Balaban J connectivity index is 2.06. The third kappa shape index (κ3) is 6.02. The van der Waals surface area contributed by atoms with Gasteiger partial charge in [-0.05, 0) is 42.0 Å². The summed E-state index contributed by atoms with van der Waals surface area (Å²) in [5, 5.41) is 15.6. The van der Waals surface area contributed by atoms with E-state index in [4.69, 9.17) is 22.1 Å². The van der Waals surface area contributed by atoms with Gasteiger partial charge < -0.3 is 20.9 Å². The van der Waals surface area contributed by atoms with Crippen LogP contribution in [0, 0.1) is 5.82 Å². The molecule has 0 aliphatic rings. The molecule has 13 heteroatoms. The van der Waals surface area contributed by atoms with Crippen molar-refractivity contribution in [3.8, 4) is 5.75 Å². The van der Waals surface area contributed by atoms with Crippen molar-refractivity contribution >= 4 is 40.9 Å². The number of methoxy groups -OCH3 is 1. The van der Waals surface area contributed by atoms with Crippen LogP contribution in [0.1, 0.15) is 21.6 Å². The summed E-state index contributed by atoms with van der Waals surface area (Å²) in [7, 11) is 1.29. The predicted molar refractivity (Wildman–Crippen MR) is 127 cm³/mol. The van der Waals surface area contributed by atoms with Crippen LogP contribution in [0.2, 0.25) is 5.02 Å². The minimum Gasteiger partial charge on any atom is -0.496 e. The third-order valence-corrected chi connectivity index (χ3v) is 4.99.